The Balaban J connectivity index is 2.49. The molecule has 25 heavy (non-hydrogen) atoms. The van der Waals surface area contributed by atoms with Gasteiger partial charge in [0, 0.05) is 22.2 Å². The van der Waals surface area contributed by atoms with Crippen LogP contribution in [-0.4, -0.2) is 17.6 Å². The van der Waals surface area contributed by atoms with Gasteiger partial charge in [0.05, 0.1) is 5.69 Å². The van der Waals surface area contributed by atoms with Gasteiger partial charge in [0.25, 0.3) is 0 Å². The van der Waals surface area contributed by atoms with Crippen molar-refractivity contribution in [3.05, 3.63) is 53.1 Å². The third-order valence-corrected chi connectivity index (χ3v) is 4.98. The van der Waals surface area contributed by atoms with E-state index >= 15 is 0 Å². The molecule has 2 aromatic carbocycles. The first-order valence-electron chi connectivity index (χ1n) is 8.58. The molecule has 0 aliphatic carbocycles. The summed E-state index contributed by atoms with van der Waals surface area (Å²) in [6, 6.07) is 12.3. The highest BCUT2D eigenvalue weighted by molar-refractivity contribution is 7.98. The van der Waals surface area contributed by atoms with Gasteiger partial charge < -0.3 is 5.11 Å². The Labute approximate surface area is 156 Å². The summed E-state index contributed by atoms with van der Waals surface area (Å²) in [7, 11) is 0. The quantitative estimate of drug-likeness (QED) is 0.506. The molecule has 3 heteroatoms. The van der Waals surface area contributed by atoms with Crippen LogP contribution in [0.4, 0.5) is 5.69 Å². The first kappa shape index (κ1) is 19.6. The standard InChI is InChI=1S/C22H29NOS/c1-21(2,3)16-12-15(20(24)19(13-16)22(4,5)6)14-23-17-8-10-18(25-7)11-9-17/h8-14,24H,1-7H3. The summed E-state index contributed by atoms with van der Waals surface area (Å²) in [5.41, 5.74) is 3.69. The fourth-order valence-electron chi connectivity index (χ4n) is 2.57. The van der Waals surface area contributed by atoms with Gasteiger partial charge >= 0.3 is 0 Å². The number of aliphatic imine (C=N–C) groups is 1. The van der Waals surface area contributed by atoms with Crippen LogP contribution < -0.4 is 0 Å². The van der Waals surface area contributed by atoms with Crippen LogP contribution in [0.2, 0.25) is 0 Å². The molecule has 0 unspecified atom stereocenters. The number of benzene rings is 2. The lowest BCUT2D eigenvalue weighted by molar-refractivity contribution is 0.444. The molecule has 0 aliphatic rings. The lowest BCUT2D eigenvalue weighted by atomic mass is 9.79. The van der Waals surface area contributed by atoms with E-state index in [-0.39, 0.29) is 10.8 Å². The highest BCUT2D eigenvalue weighted by Gasteiger charge is 2.24. The molecule has 0 atom stereocenters. The van der Waals surface area contributed by atoms with Crippen molar-refractivity contribution in [2.75, 3.05) is 6.26 Å². The number of thioether (sulfide) groups is 1. The van der Waals surface area contributed by atoms with Crippen molar-refractivity contribution in [1.82, 2.24) is 0 Å². The summed E-state index contributed by atoms with van der Waals surface area (Å²) in [6.45, 7) is 12.9. The first-order chi connectivity index (χ1) is 11.5. The highest BCUT2D eigenvalue weighted by atomic mass is 32.2. The molecule has 0 spiro atoms. The van der Waals surface area contributed by atoms with Crippen LogP contribution in [0.1, 0.15) is 58.2 Å². The fraction of sp³-hybridized carbons (Fsp3) is 0.409. The molecular weight excluding hydrogens is 326 g/mol. The Morgan fingerprint density at radius 3 is 2.00 bits per heavy atom. The monoisotopic (exact) mass is 355 g/mol. The summed E-state index contributed by atoms with van der Waals surface area (Å²) >= 11 is 1.71. The van der Waals surface area contributed by atoms with Gasteiger partial charge in [0.15, 0.2) is 0 Å². The summed E-state index contributed by atoms with van der Waals surface area (Å²) < 4.78 is 0. The smallest absolute Gasteiger partial charge is 0.128 e. The van der Waals surface area contributed by atoms with Gasteiger partial charge in [-0.2, -0.15) is 0 Å². The molecular formula is C22H29NOS. The fourth-order valence-corrected chi connectivity index (χ4v) is 2.98. The largest absolute Gasteiger partial charge is 0.507 e. The topological polar surface area (TPSA) is 32.6 Å². The second kappa shape index (κ2) is 7.25. The highest BCUT2D eigenvalue weighted by Crippen LogP contribution is 2.37. The number of phenols is 1. The molecule has 0 aliphatic heterocycles. The van der Waals surface area contributed by atoms with E-state index in [0.717, 1.165) is 16.8 Å². The Bertz CT molecular complexity index is 762. The molecule has 1 N–H and O–H groups in total. The van der Waals surface area contributed by atoms with Crippen molar-refractivity contribution >= 4 is 23.7 Å². The van der Waals surface area contributed by atoms with Crippen LogP contribution in [0.25, 0.3) is 0 Å². The van der Waals surface area contributed by atoms with Gasteiger partial charge in [-0.1, -0.05) is 47.6 Å². The van der Waals surface area contributed by atoms with Crippen LogP contribution in [-0.2, 0) is 10.8 Å². The van der Waals surface area contributed by atoms with Crippen LogP contribution in [0.15, 0.2) is 46.3 Å². The van der Waals surface area contributed by atoms with Gasteiger partial charge in [-0.05, 0) is 53.0 Å². The van der Waals surface area contributed by atoms with Crippen molar-refractivity contribution in [2.24, 2.45) is 4.99 Å². The lowest BCUT2D eigenvalue weighted by Crippen LogP contribution is -2.17. The second-order valence-electron chi connectivity index (χ2n) is 8.42. The van der Waals surface area contributed by atoms with Crippen LogP contribution in [0.3, 0.4) is 0 Å². The minimum Gasteiger partial charge on any atom is -0.507 e. The lowest BCUT2D eigenvalue weighted by Gasteiger charge is -2.26. The van der Waals surface area contributed by atoms with Gasteiger partial charge in [-0.15, -0.1) is 11.8 Å². The minimum atomic E-state index is -0.131. The maximum Gasteiger partial charge on any atom is 0.128 e. The van der Waals surface area contributed by atoms with Crippen molar-refractivity contribution in [3.63, 3.8) is 0 Å². The molecule has 134 valence electrons. The van der Waals surface area contributed by atoms with Crippen LogP contribution in [0.5, 0.6) is 5.75 Å². The molecule has 2 rings (SSSR count). The number of aromatic hydroxyl groups is 1. The summed E-state index contributed by atoms with van der Waals surface area (Å²) in [5, 5.41) is 10.8. The van der Waals surface area contributed by atoms with Gasteiger partial charge in [0.1, 0.15) is 5.75 Å². The number of hydrogen-bond donors (Lipinski definition) is 1. The molecule has 0 amide bonds. The van der Waals surface area contributed by atoms with E-state index in [1.54, 1.807) is 18.0 Å². The third kappa shape index (κ3) is 4.88. The van der Waals surface area contributed by atoms with E-state index in [9.17, 15) is 5.11 Å². The number of hydrogen-bond acceptors (Lipinski definition) is 3. The Morgan fingerprint density at radius 1 is 0.920 bits per heavy atom. The molecule has 0 aromatic heterocycles. The zero-order valence-corrected chi connectivity index (χ0v) is 17.2. The van der Waals surface area contributed by atoms with E-state index in [2.05, 4.69) is 71.0 Å². The van der Waals surface area contributed by atoms with E-state index in [1.807, 2.05) is 18.2 Å². The van der Waals surface area contributed by atoms with Gasteiger partial charge in [-0.25, -0.2) is 0 Å². The third-order valence-electron chi connectivity index (χ3n) is 4.24. The zero-order valence-electron chi connectivity index (χ0n) is 16.3. The summed E-state index contributed by atoms with van der Waals surface area (Å²) in [5.74, 6) is 0.324. The average molecular weight is 356 g/mol. The molecule has 0 heterocycles. The number of phenolic OH excluding ortho intramolecular Hbond substituents is 1. The van der Waals surface area contributed by atoms with Crippen molar-refractivity contribution in [3.8, 4) is 5.75 Å². The average Bonchev–Trinajstić information content (AvgIpc) is 2.52. The molecule has 2 aromatic rings. The minimum absolute atomic E-state index is 0.0102. The molecule has 0 radical (unpaired) electrons. The molecule has 2 nitrogen and oxygen atoms in total. The van der Waals surface area contributed by atoms with Gasteiger partial charge in [0.2, 0.25) is 0 Å². The van der Waals surface area contributed by atoms with Crippen LogP contribution in [0, 0.1) is 0 Å². The van der Waals surface area contributed by atoms with E-state index in [1.165, 1.54) is 10.5 Å². The maximum absolute atomic E-state index is 10.8. The first-order valence-corrected chi connectivity index (χ1v) is 9.81. The number of nitrogens with zero attached hydrogens (tertiary/aromatic N) is 1. The summed E-state index contributed by atoms with van der Waals surface area (Å²) in [6.07, 6.45) is 3.83. The van der Waals surface area contributed by atoms with Crippen molar-refractivity contribution in [1.29, 1.82) is 0 Å². The molecule has 0 saturated heterocycles. The SMILES string of the molecule is CSc1ccc(N=Cc2cc(C(C)(C)C)cc(C(C)(C)C)c2O)cc1. The number of rotatable bonds is 3. The van der Waals surface area contributed by atoms with E-state index < -0.39 is 0 Å². The Hall–Kier alpha value is -1.74. The zero-order chi connectivity index (χ0) is 18.8. The van der Waals surface area contributed by atoms with Crippen molar-refractivity contribution < 1.29 is 5.11 Å². The molecule has 0 saturated carbocycles. The van der Waals surface area contributed by atoms with Gasteiger partial charge in [-0.3, -0.25) is 4.99 Å². The van der Waals surface area contributed by atoms with Crippen molar-refractivity contribution in [2.45, 2.75) is 57.3 Å². The molecule has 0 fully saturated rings. The summed E-state index contributed by atoms with van der Waals surface area (Å²) in [4.78, 5) is 5.78. The predicted molar refractivity (Wildman–Crippen MR) is 111 cm³/mol. The van der Waals surface area contributed by atoms with E-state index in [0.29, 0.717) is 5.75 Å². The predicted octanol–water partition coefficient (Wildman–Crippen LogP) is 6.46. The maximum atomic E-state index is 10.8. The Morgan fingerprint density at radius 2 is 1.52 bits per heavy atom. The Kier molecular flexibility index (Phi) is 5.68. The molecule has 0 bridgehead atoms. The van der Waals surface area contributed by atoms with Crippen LogP contribution >= 0.6 is 11.8 Å². The van der Waals surface area contributed by atoms with E-state index in [4.69, 9.17) is 0 Å². The second-order valence-corrected chi connectivity index (χ2v) is 9.30. The normalized spacial score (nSPS) is 12.8.